The van der Waals surface area contributed by atoms with Gasteiger partial charge in [-0.3, -0.25) is 9.69 Å². The predicted octanol–water partition coefficient (Wildman–Crippen LogP) is 4.07. The van der Waals surface area contributed by atoms with Gasteiger partial charge in [-0.05, 0) is 38.1 Å². The van der Waals surface area contributed by atoms with E-state index in [1.165, 1.54) is 0 Å². The van der Waals surface area contributed by atoms with Crippen molar-refractivity contribution in [3.63, 3.8) is 0 Å². The van der Waals surface area contributed by atoms with Crippen molar-refractivity contribution in [2.45, 2.75) is 32.4 Å². The first kappa shape index (κ1) is 17.0. The standard InChI is InChI=1S/C20H22N2O3/c1-14(2)22(16-11-7-4-8-12-16)20(24)25-18-13-17(18)19(23)21-15-9-5-3-6-10-15/h3-12,14,17-18H,13H2,1-2H3,(H,21,23). The quantitative estimate of drug-likeness (QED) is 0.894. The zero-order valence-corrected chi connectivity index (χ0v) is 14.4. The van der Waals surface area contributed by atoms with Crippen LogP contribution in [-0.4, -0.2) is 24.1 Å². The van der Waals surface area contributed by atoms with Crippen LogP contribution >= 0.6 is 0 Å². The zero-order chi connectivity index (χ0) is 17.8. The van der Waals surface area contributed by atoms with Crippen LogP contribution in [-0.2, 0) is 9.53 Å². The van der Waals surface area contributed by atoms with E-state index in [4.69, 9.17) is 4.74 Å². The average molecular weight is 338 g/mol. The van der Waals surface area contributed by atoms with Crippen LogP contribution in [0.5, 0.6) is 0 Å². The molecule has 5 heteroatoms. The molecule has 5 nitrogen and oxygen atoms in total. The highest BCUT2D eigenvalue weighted by Gasteiger charge is 2.47. The number of ether oxygens (including phenoxy) is 1. The van der Waals surface area contributed by atoms with Gasteiger partial charge in [0.25, 0.3) is 0 Å². The second-order valence-electron chi connectivity index (χ2n) is 6.42. The summed E-state index contributed by atoms with van der Waals surface area (Å²) in [7, 11) is 0. The van der Waals surface area contributed by atoms with Crippen LogP contribution in [0.4, 0.5) is 16.2 Å². The molecular formula is C20H22N2O3. The smallest absolute Gasteiger partial charge is 0.414 e. The molecule has 0 saturated heterocycles. The third-order valence-electron chi connectivity index (χ3n) is 4.11. The topological polar surface area (TPSA) is 58.6 Å². The van der Waals surface area contributed by atoms with Gasteiger partial charge in [-0.15, -0.1) is 0 Å². The van der Waals surface area contributed by atoms with Crippen molar-refractivity contribution >= 4 is 23.4 Å². The van der Waals surface area contributed by atoms with Crippen LogP contribution in [0.3, 0.4) is 0 Å². The number of rotatable bonds is 5. The summed E-state index contributed by atoms with van der Waals surface area (Å²) in [6, 6.07) is 18.6. The van der Waals surface area contributed by atoms with Gasteiger partial charge < -0.3 is 10.1 Å². The van der Waals surface area contributed by atoms with Gasteiger partial charge in [0.2, 0.25) is 5.91 Å². The highest BCUT2D eigenvalue weighted by Crippen LogP contribution is 2.36. The normalized spacial score (nSPS) is 18.5. The summed E-state index contributed by atoms with van der Waals surface area (Å²) in [6.45, 7) is 3.86. The summed E-state index contributed by atoms with van der Waals surface area (Å²) in [6.07, 6.45) is -0.215. The van der Waals surface area contributed by atoms with Crippen LogP contribution < -0.4 is 10.2 Å². The summed E-state index contributed by atoms with van der Waals surface area (Å²) in [5.41, 5.74) is 1.53. The molecule has 0 aromatic heterocycles. The minimum absolute atomic E-state index is 0.0368. The number of carbonyl (C=O) groups is 2. The number of benzene rings is 2. The van der Waals surface area contributed by atoms with Crippen molar-refractivity contribution in [3.05, 3.63) is 60.7 Å². The van der Waals surface area contributed by atoms with Crippen LogP contribution in [0.15, 0.2) is 60.7 Å². The Bertz CT molecular complexity index is 731. The third-order valence-corrected chi connectivity index (χ3v) is 4.11. The number of hydrogen-bond acceptors (Lipinski definition) is 3. The van der Waals surface area contributed by atoms with Gasteiger partial charge in [-0.2, -0.15) is 0 Å². The Morgan fingerprint density at radius 1 is 1.04 bits per heavy atom. The number of hydrogen-bond donors (Lipinski definition) is 1. The van der Waals surface area contributed by atoms with Crippen molar-refractivity contribution in [1.82, 2.24) is 0 Å². The first-order valence-electron chi connectivity index (χ1n) is 8.47. The maximum absolute atomic E-state index is 12.5. The molecule has 0 spiro atoms. The molecule has 2 atom stereocenters. The molecule has 1 saturated carbocycles. The predicted molar refractivity (Wildman–Crippen MR) is 97.5 cm³/mol. The van der Waals surface area contributed by atoms with Gasteiger partial charge in [0, 0.05) is 23.8 Å². The van der Waals surface area contributed by atoms with Crippen LogP contribution in [0.25, 0.3) is 0 Å². The molecule has 1 aliphatic rings. The first-order chi connectivity index (χ1) is 12.1. The van der Waals surface area contributed by atoms with E-state index < -0.39 is 6.09 Å². The fraction of sp³-hybridized carbons (Fsp3) is 0.300. The monoisotopic (exact) mass is 338 g/mol. The molecule has 1 aliphatic carbocycles. The molecule has 3 rings (SSSR count). The molecule has 2 aromatic rings. The summed E-state index contributed by atoms with van der Waals surface area (Å²) in [5.74, 6) is -0.395. The number of nitrogens with one attached hydrogen (secondary N) is 1. The van der Waals surface area contributed by atoms with E-state index in [0.29, 0.717) is 6.42 Å². The Morgan fingerprint density at radius 3 is 2.24 bits per heavy atom. The van der Waals surface area contributed by atoms with E-state index >= 15 is 0 Å². The molecule has 130 valence electrons. The lowest BCUT2D eigenvalue weighted by molar-refractivity contribution is -0.117. The maximum atomic E-state index is 12.5. The lowest BCUT2D eigenvalue weighted by atomic mass is 10.2. The largest absolute Gasteiger partial charge is 0.445 e. The third kappa shape index (κ3) is 4.18. The molecule has 2 aromatic carbocycles. The first-order valence-corrected chi connectivity index (χ1v) is 8.47. The molecule has 1 fully saturated rings. The zero-order valence-electron chi connectivity index (χ0n) is 14.4. The van der Waals surface area contributed by atoms with Crippen molar-refractivity contribution in [3.8, 4) is 0 Å². The molecule has 25 heavy (non-hydrogen) atoms. The van der Waals surface area contributed by atoms with E-state index in [2.05, 4.69) is 5.32 Å². The summed E-state index contributed by atoms with van der Waals surface area (Å²) in [4.78, 5) is 26.4. The van der Waals surface area contributed by atoms with E-state index in [9.17, 15) is 9.59 Å². The molecule has 1 N–H and O–H groups in total. The van der Waals surface area contributed by atoms with E-state index in [1.54, 1.807) is 4.90 Å². The highest BCUT2D eigenvalue weighted by atomic mass is 16.6. The highest BCUT2D eigenvalue weighted by molar-refractivity contribution is 5.95. The molecule has 0 heterocycles. The fourth-order valence-electron chi connectivity index (χ4n) is 2.72. The maximum Gasteiger partial charge on any atom is 0.414 e. The number of nitrogens with zero attached hydrogens (tertiary/aromatic N) is 1. The Morgan fingerprint density at radius 2 is 1.64 bits per heavy atom. The summed E-state index contributed by atoms with van der Waals surface area (Å²) >= 11 is 0. The van der Waals surface area contributed by atoms with E-state index in [0.717, 1.165) is 11.4 Å². The number of carbonyl (C=O) groups excluding carboxylic acids is 2. The van der Waals surface area contributed by atoms with Crippen LogP contribution in [0, 0.1) is 5.92 Å². The molecular weight excluding hydrogens is 316 g/mol. The molecule has 2 unspecified atom stereocenters. The van der Waals surface area contributed by atoms with Crippen molar-refractivity contribution in [1.29, 1.82) is 0 Å². The minimum atomic E-state index is -0.416. The summed E-state index contributed by atoms with van der Waals surface area (Å²) in [5, 5.41) is 2.85. The van der Waals surface area contributed by atoms with Crippen LogP contribution in [0.2, 0.25) is 0 Å². The van der Waals surface area contributed by atoms with Gasteiger partial charge in [0.05, 0.1) is 5.92 Å². The van der Waals surface area contributed by atoms with E-state index in [-0.39, 0.29) is 24.0 Å². The summed E-state index contributed by atoms with van der Waals surface area (Å²) < 4.78 is 5.54. The SMILES string of the molecule is CC(C)N(C(=O)OC1CC1C(=O)Nc1ccccc1)c1ccccc1. The van der Waals surface area contributed by atoms with Crippen molar-refractivity contribution < 1.29 is 14.3 Å². The van der Waals surface area contributed by atoms with Gasteiger partial charge in [0.1, 0.15) is 6.10 Å². The lowest BCUT2D eigenvalue weighted by Gasteiger charge is -2.26. The van der Waals surface area contributed by atoms with Gasteiger partial charge >= 0.3 is 6.09 Å². The van der Waals surface area contributed by atoms with Gasteiger partial charge in [0.15, 0.2) is 0 Å². The number of amides is 2. The Labute approximate surface area is 147 Å². The van der Waals surface area contributed by atoms with Crippen LogP contribution in [0.1, 0.15) is 20.3 Å². The average Bonchev–Trinajstić information content (AvgIpc) is 3.36. The second kappa shape index (κ2) is 7.38. The Hall–Kier alpha value is -2.82. The van der Waals surface area contributed by atoms with Crippen molar-refractivity contribution in [2.75, 3.05) is 10.2 Å². The molecule has 0 bridgehead atoms. The molecule has 2 amide bonds. The molecule has 0 aliphatic heterocycles. The fourth-order valence-corrected chi connectivity index (χ4v) is 2.72. The molecule has 0 radical (unpaired) electrons. The lowest BCUT2D eigenvalue weighted by Crippen LogP contribution is -2.38. The minimum Gasteiger partial charge on any atom is -0.445 e. The second-order valence-corrected chi connectivity index (χ2v) is 6.42. The van der Waals surface area contributed by atoms with Gasteiger partial charge in [-0.25, -0.2) is 4.79 Å². The van der Waals surface area contributed by atoms with E-state index in [1.807, 2.05) is 74.5 Å². The Balaban J connectivity index is 1.58. The van der Waals surface area contributed by atoms with Gasteiger partial charge in [-0.1, -0.05) is 36.4 Å². The number of anilines is 2. The Kier molecular flexibility index (Phi) is 5.03. The number of para-hydroxylation sites is 2. The van der Waals surface area contributed by atoms with Crippen molar-refractivity contribution in [2.24, 2.45) is 5.92 Å².